The van der Waals surface area contributed by atoms with E-state index in [0.29, 0.717) is 0 Å². The maximum absolute atomic E-state index is 10.2. The molecule has 2 aromatic carbocycles. The molecule has 1 N–H and O–H groups in total. The first-order valence-electron chi connectivity index (χ1n) is 6.76. The summed E-state index contributed by atoms with van der Waals surface area (Å²) in [5.41, 5.74) is 2.90. The Morgan fingerprint density at radius 3 is 2.25 bits per heavy atom. The number of hydrogen-bond acceptors (Lipinski definition) is 2. The van der Waals surface area contributed by atoms with Crippen molar-refractivity contribution in [1.29, 1.82) is 0 Å². The van der Waals surface area contributed by atoms with Gasteiger partial charge in [-0.2, -0.15) is 0 Å². The molecule has 0 aliphatic heterocycles. The van der Waals surface area contributed by atoms with Crippen LogP contribution in [0.2, 0.25) is 0 Å². The Morgan fingerprint density at radius 1 is 1.00 bits per heavy atom. The van der Waals surface area contributed by atoms with E-state index in [9.17, 15) is 5.11 Å². The van der Waals surface area contributed by atoms with Gasteiger partial charge in [0.2, 0.25) is 0 Å². The summed E-state index contributed by atoms with van der Waals surface area (Å²) in [7, 11) is 1.63. The SMILES string of the molecule is COc1cc(/C=C/c2ccccc2)cc(O)c1C(C)C. The van der Waals surface area contributed by atoms with Crippen LogP contribution in [-0.2, 0) is 0 Å². The van der Waals surface area contributed by atoms with Gasteiger partial charge in [0.1, 0.15) is 11.5 Å². The molecule has 0 spiro atoms. The van der Waals surface area contributed by atoms with Crippen LogP contribution >= 0.6 is 0 Å². The molecule has 2 aromatic rings. The second-order valence-corrected chi connectivity index (χ2v) is 5.05. The molecular weight excluding hydrogens is 248 g/mol. The number of rotatable bonds is 4. The number of methoxy groups -OCH3 is 1. The van der Waals surface area contributed by atoms with Crippen molar-refractivity contribution < 1.29 is 9.84 Å². The molecule has 0 aliphatic carbocycles. The summed E-state index contributed by atoms with van der Waals surface area (Å²) in [6.45, 7) is 4.08. The maximum atomic E-state index is 10.2. The molecule has 0 bridgehead atoms. The predicted octanol–water partition coefficient (Wildman–Crippen LogP) is 4.69. The van der Waals surface area contributed by atoms with E-state index in [2.05, 4.69) is 0 Å². The first-order valence-corrected chi connectivity index (χ1v) is 6.76. The van der Waals surface area contributed by atoms with E-state index in [1.54, 1.807) is 13.2 Å². The molecule has 0 saturated heterocycles. The van der Waals surface area contributed by atoms with Gasteiger partial charge in [0.25, 0.3) is 0 Å². The van der Waals surface area contributed by atoms with Crippen LogP contribution in [0.3, 0.4) is 0 Å². The van der Waals surface area contributed by atoms with Gasteiger partial charge in [-0.3, -0.25) is 0 Å². The smallest absolute Gasteiger partial charge is 0.126 e. The first-order chi connectivity index (χ1) is 9.61. The maximum Gasteiger partial charge on any atom is 0.126 e. The molecule has 0 saturated carbocycles. The summed E-state index contributed by atoms with van der Waals surface area (Å²) in [5, 5.41) is 10.2. The van der Waals surface area contributed by atoms with Crippen molar-refractivity contribution in [3.05, 3.63) is 59.2 Å². The molecule has 2 nitrogen and oxygen atoms in total. The topological polar surface area (TPSA) is 29.5 Å². The Morgan fingerprint density at radius 2 is 1.65 bits per heavy atom. The third-order valence-electron chi connectivity index (χ3n) is 3.21. The van der Waals surface area contributed by atoms with Gasteiger partial charge >= 0.3 is 0 Å². The van der Waals surface area contributed by atoms with Crippen LogP contribution in [0.5, 0.6) is 11.5 Å². The largest absolute Gasteiger partial charge is 0.507 e. The van der Waals surface area contributed by atoms with Crippen molar-refractivity contribution in [2.24, 2.45) is 0 Å². The zero-order valence-electron chi connectivity index (χ0n) is 12.1. The lowest BCUT2D eigenvalue weighted by atomic mass is 9.98. The van der Waals surface area contributed by atoms with Crippen LogP contribution in [0.1, 0.15) is 36.5 Å². The van der Waals surface area contributed by atoms with Crippen molar-refractivity contribution in [1.82, 2.24) is 0 Å². The number of phenols is 1. The average molecular weight is 268 g/mol. The van der Waals surface area contributed by atoms with Crippen LogP contribution < -0.4 is 4.74 Å². The minimum Gasteiger partial charge on any atom is -0.507 e. The summed E-state index contributed by atoms with van der Waals surface area (Å²) in [6.07, 6.45) is 3.99. The number of ether oxygens (including phenoxy) is 1. The number of hydrogen-bond donors (Lipinski definition) is 1. The predicted molar refractivity (Wildman–Crippen MR) is 84.1 cm³/mol. The highest BCUT2D eigenvalue weighted by Crippen LogP contribution is 2.36. The van der Waals surface area contributed by atoms with Crippen LogP contribution in [0.4, 0.5) is 0 Å². The van der Waals surface area contributed by atoms with Crippen LogP contribution in [0, 0.1) is 0 Å². The highest BCUT2D eigenvalue weighted by molar-refractivity contribution is 5.71. The van der Waals surface area contributed by atoms with Crippen molar-refractivity contribution in [3.63, 3.8) is 0 Å². The highest BCUT2D eigenvalue weighted by atomic mass is 16.5. The summed E-state index contributed by atoms with van der Waals surface area (Å²) < 4.78 is 5.39. The standard InChI is InChI=1S/C18H20O2/c1-13(2)18-16(19)11-15(12-17(18)20-3)10-9-14-7-5-4-6-8-14/h4-13,19H,1-3H3/b10-9+. The van der Waals surface area contributed by atoms with Gasteiger partial charge in [-0.05, 0) is 29.2 Å². The zero-order valence-corrected chi connectivity index (χ0v) is 12.1. The molecule has 0 aliphatic rings. The molecule has 0 fully saturated rings. The molecule has 20 heavy (non-hydrogen) atoms. The van der Waals surface area contributed by atoms with Gasteiger partial charge in [0.05, 0.1) is 7.11 Å². The van der Waals surface area contributed by atoms with Crippen molar-refractivity contribution in [2.75, 3.05) is 7.11 Å². The van der Waals surface area contributed by atoms with E-state index < -0.39 is 0 Å². The van der Waals surface area contributed by atoms with Gasteiger partial charge < -0.3 is 9.84 Å². The lowest BCUT2D eigenvalue weighted by molar-refractivity contribution is 0.396. The fourth-order valence-electron chi connectivity index (χ4n) is 2.23. The van der Waals surface area contributed by atoms with Gasteiger partial charge in [-0.15, -0.1) is 0 Å². The first kappa shape index (κ1) is 14.2. The van der Waals surface area contributed by atoms with Crippen molar-refractivity contribution >= 4 is 12.2 Å². The highest BCUT2D eigenvalue weighted by Gasteiger charge is 2.13. The van der Waals surface area contributed by atoms with E-state index in [4.69, 9.17) is 4.74 Å². The zero-order chi connectivity index (χ0) is 14.5. The number of aromatic hydroxyl groups is 1. The van der Waals surface area contributed by atoms with Crippen molar-refractivity contribution in [3.8, 4) is 11.5 Å². The van der Waals surface area contributed by atoms with Gasteiger partial charge in [-0.1, -0.05) is 56.3 Å². The molecule has 0 heterocycles. The van der Waals surface area contributed by atoms with E-state index in [0.717, 1.165) is 22.4 Å². The Kier molecular flexibility index (Phi) is 4.46. The van der Waals surface area contributed by atoms with Crippen LogP contribution in [-0.4, -0.2) is 12.2 Å². The molecule has 2 rings (SSSR count). The lowest BCUT2D eigenvalue weighted by Gasteiger charge is -2.14. The lowest BCUT2D eigenvalue weighted by Crippen LogP contribution is -1.95. The summed E-state index contributed by atoms with van der Waals surface area (Å²) in [5.74, 6) is 1.23. The van der Waals surface area contributed by atoms with Gasteiger partial charge in [0.15, 0.2) is 0 Å². The molecule has 0 atom stereocenters. The molecule has 0 unspecified atom stereocenters. The fourth-order valence-corrected chi connectivity index (χ4v) is 2.23. The Balaban J connectivity index is 2.34. The van der Waals surface area contributed by atoms with Gasteiger partial charge in [0, 0.05) is 5.56 Å². The number of phenolic OH excluding ortho intramolecular Hbond substituents is 1. The molecule has 0 aromatic heterocycles. The average Bonchev–Trinajstić information content (AvgIpc) is 2.45. The quantitative estimate of drug-likeness (QED) is 0.815. The second-order valence-electron chi connectivity index (χ2n) is 5.05. The minimum absolute atomic E-state index is 0.220. The molecular formula is C18H20O2. The third-order valence-corrected chi connectivity index (χ3v) is 3.21. The third kappa shape index (κ3) is 3.21. The normalized spacial score (nSPS) is 11.2. The van der Waals surface area contributed by atoms with E-state index in [1.165, 1.54) is 0 Å². The fraction of sp³-hybridized carbons (Fsp3) is 0.222. The number of benzene rings is 2. The Labute approximate surface area is 120 Å². The van der Waals surface area contributed by atoms with E-state index in [1.807, 2.05) is 62.4 Å². The molecule has 0 radical (unpaired) electrons. The summed E-state index contributed by atoms with van der Waals surface area (Å²) >= 11 is 0. The van der Waals surface area contributed by atoms with Crippen molar-refractivity contribution in [2.45, 2.75) is 19.8 Å². The van der Waals surface area contributed by atoms with Gasteiger partial charge in [-0.25, -0.2) is 0 Å². The molecule has 0 amide bonds. The summed E-state index contributed by atoms with van der Waals surface area (Å²) in [4.78, 5) is 0. The minimum atomic E-state index is 0.220. The Hall–Kier alpha value is -2.22. The Bertz CT molecular complexity index is 598. The second kappa shape index (κ2) is 6.29. The van der Waals surface area contributed by atoms with Crippen LogP contribution in [0.15, 0.2) is 42.5 Å². The molecule has 2 heteroatoms. The van der Waals surface area contributed by atoms with Crippen LogP contribution in [0.25, 0.3) is 12.2 Å². The van der Waals surface area contributed by atoms with E-state index >= 15 is 0 Å². The molecule has 104 valence electrons. The monoisotopic (exact) mass is 268 g/mol. The summed E-state index contributed by atoms with van der Waals surface area (Å²) in [6, 6.07) is 13.8. The van der Waals surface area contributed by atoms with E-state index in [-0.39, 0.29) is 11.7 Å².